The van der Waals surface area contributed by atoms with E-state index in [1.807, 2.05) is 13.8 Å². The first kappa shape index (κ1) is 20.9. The van der Waals surface area contributed by atoms with Gasteiger partial charge in [0, 0.05) is 11.1 Å². The fourth-order valence-corrected chi connectivity index (χ4v) is 3.22. The number of carbonyl (C=O) groups is 1. The first-order chi connectivity index (χ1) is 11.9. The smallest absolute Gasteiger partial charge is 0.209 e. The number of Topliss-reactive ketones (excluding diaryl/α,β-unsaturated/α-hetero) is 1. The summed E-state index contributed by atoms with van der Waals surface area (Å²) in [6, 6.07) is 0. The van der Waals surface area contributed by atoms with Crippen molar-refractivity contribution in [1.29, 1.82) is 0 Å². The third-order valence-electron chi connectivity index (χ3n) is 5.01. The van der Waals surface area contributed by atoms with E-state index in [4.69, 9.17) is 16.3 Å². The zero-order chi connectivity index (χ0) is 19.9. The highest BCUT2D eigenvalue weighted by Gasteiger charge is 2.48. The molecule has 0 aromatic carbocycles. The summed E-state index contributed by atoms with van der Waals surface area (Å²) in [6.45, 7) is 6.43. The molecule has 0 fully saturated rings. The van der Waals surface area contributed by atoms with Crippen molar-refractivity contribution in [3.63, 3.8) is 0 Å². The normalized spacial score (nSPS) is 31.0. The van der Waals surface area contributed by atoms with Crippen molar-refractivity contribution >= 4 is 17.4 Å². The van der Waals surface area contributed by atoms with E-state index in [1.165, 1.54) is 38.3 Å². The van der Waals surface area contributed by atoms with Gasteiger partial charge in [-0.05, 0) is 38.0 Å². The highest BCUT2D eigenvalue weighted by Crippen LogP contribution is 2.39. The third-order valence-corrected chi connectivity index (χ3v) is 5.38. The van der Waals surface area contributed by atoms with E-state index in [0.29, 0.717) is 6.42 Å². The van der Waals surface area contributed by atoms with Crippen LogP contribution in [0.3, 0.4) is 0 Å². The lowest BCUT2D eigenvalue weighted by Gasteiger charge is -2.35. The Bertz CT molecular complexity index is 714. The van der Waals surface area contributed by atoms with E-state index < -0.39 is 29.2 Å². The quantitative estimate of drug-likeness (QED) is 0.574. The Morgan fingerprint density at radius 3 is 2.69 bits per heavy atom. The lowest BCUT2D eigenvalue weighted by molar-refractivity contribution is -0.140. The summed E-state index contributed by atoms with van der Waals surface area (Å²) in [5.74, 6) is -0.618. The lowest BCUT2D eigenvalue weighted by Crippen LogP contribution is -2.51. The molecule has 0 aromatic heterocycles. The van der Waals surface area contributed by atoms with Gasteiger partial charge in [0.25, 0.3) is 0 Å². The maximum Gasteiger partial charge on any atom is 0.209 e. The Morgan fingerprint density at radius 2 is 2.12 bits per heavy atom. The molecule has 6 nitrogen and oxygen atoms in total. The average molecular weight is 385 g/mol. The van der Waals surface area contributed by atoms with Crippen LogP contribution in [0.2, 0.25) is 0 Å². The number of aliphatic hydroxyl groups is 4. The number of hydrogen-bond acceptors (Lipinski definition) is 6. The zero-order valence-corrected chi connectivity index (χ0v) is 16.0. The van der Waals surface area contributed by atoms with Gasteiger partial charge in [-0.3, -0.25) is 4.79 Å². The molecule has 0 spiro atoms. The number of carbonyl (C=O) groups excluding carboxylic acids is 1. The van der Waals surface area contributed by atoms with Crippen molar-refractivity contribution in [2.45, 2.75) is 57.5 Å². The van der Waals surface area contributed by atoms with E-state index in [1.54, 1.807) is 0 Å². The molecule has 1 heterocycles. The van der Waals surface area contributed by atoms with Crippen molar-refractivity contribution in [3.8, 4) is 0 Å². The van der Waals surface area contributed by atoms with Crippen LogP contribution in [0, 0.1) is 5.92 Å². The Morgan fingerprint density at radius 1 is 1.50 bits per heavy atom. The van der Waals surface area contributed by atoms with Gasteiger partial charge in [-0.2, -0.15) is 0 Å². The molecule has 0 radical (unpaired) electrons. The summed E-state index contributed by atoms with van der Waals surface area (Å²) in [5, 5.41) is 40.8. The van der Waals surface area contributed by atoms with Crippen molar-refractivity contribution in [2.24, 2.45) is 5.92 Å². The molecule has 0 saturated carbocycles. The number of ketones is 1. The molecule has 0 unspecified atom stereocenters. The van der Waals surface area contributed by atoms with Gasteiger partial charge in [-0.25, -0.2) is 0 Å². The van der Waals surface area contributed by atoms with Crippen LogP contribution in [0.5, 0.6) is 0 Å². The fraction of sp³-hybridized carbons (Fsp3) is 0.526. The van der Waals surface area contributed by atoms with E-state index in [9.17, 15) is 25.2 Å². The van der Waals surface area contributed by atoms with Gasteiger partial charge in [0.2, 0.25) is 5.78 Å². The van der Waals surface area contributed by atoms with Crippen LogP contribution >= 0.6 is 11.6 Å². The topological polar surface area (TPSA) is 107 Å². The Hall–Kier alpha value is -1.44. The maximum atomic E-state index is 12.1. The predicted octanol–water partition coefficient (Wildman–Crippen LogP) is 1.69. The Kier molecular flexibility index (Phi) is 5.85. The number of rotatable bonds is 5. The molecule has 0 amide bonds. The highest BCUT2D eigenvalue weighted by molar-refractivity contribution is 6.45. The number of halogens is 1. The number of hydrogen-bond donors (Lipinski definition) is 4. The van der Waals surface area contributed by atoms with Gasteiger partial charge in [-0.15, -0.1) is 0 Å². The second-order valence-corrected chi connectivity index (χ2v) is 7.61. The molecule has 1 aliphatic carbocycles. The Labute approximate surface area is 157 Å². The number of fused-ring (bicyclic) bond motifs is 1. The average Bonchev–Trinajstić information content (AvgIpc) is 2.61. The number of ether oxygens (including phenoxy) is 1. The first-order valence-corrected chi connectivity index (χ1v) is 8.84. The molecule has 0 saturated heterocycles. The van der Waals surface area contributed by atoms with Crippen molar-refractivity contribution in [3.05, 3.63) is 46.4 Å². The SMILES string of the molecule is CC[C@H](C)[C@H](O)[C@](C)(O)/C=C/C1=CC2=C(Cl)C(=O)[C@@](C)(O)[C@@H](O)C2=CO1. The van der Waals surface area contributed by atoms with E-state index in [2.05, 4.69) is 0 Å². The van der Waals surface area contributed by atoms with Crippen molar-refractivity contribution in [2.75, 3.05) is 0 Å². The van der Waals surface area contributed by atoms with E-state index in [-0.39, 0.29) is 27.9 Å². The molecule has 26 heavy (non-hydrogen) atoms. The van der Waals surface area contributed by atoms with Gasteiger partial charge < -0.3 is 25.2 Å². The van der Waals surface area contributed by atoms with E-state index >= 15 is 0 Å². The molecule has 0 bridgehead atoms. The molecule has 1 aliphatic heterocycles. The zero-order valence-electron chi connectivity index (χ0n) is 15.2. The minimum Gasteiger partial charge on any atom is -0.465 e. The molecule has 5 atom stereocenters. The standard InChI is InChI=1S/C19H25ClO6/c1-5-10(2)15(21)18(3,24)7-6-11-8-12-13(9-26-11)16(22)19(4,25)17(23)14(12)20/h6-10,15-16,21-22,24-25H,5H2,1-4H3/b7-6+/t10-,15-,16-,18+,19-/m0/s1. The second kappa shape index (κ2) is 7.29. The lowest BCUT2D eigenvalue weighted by atomic mass is 9.79. The van der Waals surface area contributed by atoms with Gasteiger partial charge >= 0.3 is 0 Å². The van der Waals surface area contributed by atoms with Crippen LogP contribution < -0.4 is 0 Å². The second-order valence-electron chi connectivity index (χ2n) is 7.23. The largest absolute Gasteiger partial charge is 0.465 e. The van der Waals surface area contributed by atoms with Crippen LogP contribution in [0.15, 0.2) is 46.4 Å². The summed E-state index contributed by atoms with van der Waals surface area (Å²) in [4.78, 5) is 12.1. The minimum absolute atomic E-state index is 0.104. The minimum atomic E-state index is -2.03. The van der Waals surface area contributed by atoms with Crippen LogP contribution in [-0.2, 0) is 9.53 Å². The molecule has 2 rings (SSSR count). The molecule has 2 aliphatic rings. The van der Waals surface area contributed by atoms with Gasteiger partial charge in [-0.1, -0.05) is 31.9 Å². The Balaban J connectivity index is 2.31. The van der Waals surface area contributed by atoms with Crippen molar-refractivity contribution < 1.29 is 30.0 Å². The maximum absolute atomic E-state index is 12.1. The summed E-state index contributed by atoms with van der Waals surface area (Å²) in [5.41, 5.74) is -3.05. The summed E-state index contributed by atoms with van der Waals surface area (Å²) in [6.07, 6.45) is 3.79. The molecular formula is C19H25ClO6. The molecule has 144 valence electrons. The summed E-state index contributed by atoms with van der Waals surface area (Å²) in [7, 11) is 0. The van der Waals surface area contributed by atoms with Crippen LogP contribution in [0.4, 0.5) is 0 Å². The summed E-state index contributed by atoms with van der Waals surface area (Å²) < 4.78 is 5.40. The first-order valence-electron chi connectivity index (χ1n) is 8.47. The van der Waals surface area contributed by atoms with Gasteiger partial charge in [0.15, 0.2) is 5.60 Å². The number of aliphatic hydroxyl groups excluding tert-OH is 2. The van der Waals surface area contributed by atoms with Gasteiger partial charge in [0.1, 0.15) is 17.5 Å². The molecule has 0 aromatic rings. The fourth-order valence-electron chi connectivity index (χ4n) is 2.86. The monoisotopic (exact) mass is 384 g/mol. The molecule has 7 heteroatoms. The van der Waals surface area contributed by atoms with Gasteiger partial charge in [0.05, 0.1) is 17.4 Å². The third kappa shape index (κ3) is 3.66. The van der Waals surface area contributed by atoms with Crippen LogP contribution in [-0.4, -0.2) is 49.6 Å². The van der Waals surface area contributed by atoms with Crippen LogP contribution in [0.1, 0.15) is 34.1 Å². The predicted molar refractivity (Wildman–Crippen MR) is 97.0 cm³/mol. The van der Waals surface area contributed by atoms with Crippen molar-refractivity contribution in [1.82, 2.24) is 0 Å². The summed E-state index contributed by atoms with van der Waals surface area (Å²) >= 11 is 6.06. The van der Waals surface area contributed by atoms with Crippen LogP contribution in [0.25, 0.3) is 0 Å². The molecule has 4 N–H and O–H groups in total. The van der Waals surface area contributed by atoms with E-state index in [0.717, 1.165) is 0 Å². The number of allylic oxidation sites excluding steroid dienone is 2. The molecular weight excluding hydrogens is 360 g/mol. The highest BCUT2D eigenvalue weighted by atomic mass is 35.5.